The maximum absolute atomic E-state index is 13.0. The topological polar surface area (TPSA) is 29.1 Å². The van der Waals surface area contributed by atoms with Gasteiger partial charge in [-0.15, -0.1) is 11.6 Å². The number of hydrogen-bond donors (Lipinski definition) is 1. The zero-order valence-electron chi connectivity index (χ0n) is 9.22. The Labute approximate surface area is 99.8 Å². The first-order valence-corrected chi connectivity index (χ1v) is 5.74. The predicted octanol–water partition coefficient (Wildman–Crippen LogP) is 2.42. The van der Waals surface area contributed by atoms with Crippen molar-refractivity contribution < 1.29 is 9.18 Å². The molecule has 4 heteroatoms. The van der Waals surface area contributed by atoms with Gasteiger partial charge in [0.25, 0.3) is 0 Å². The van der Waals surface area contributed by atoms with E-state index < -0.39 is 0 Å². The summed E-state index contributed by atoms with van der Waals surface area (Å²) in [4.78, 5) is 11.1. The van der Waals surface area contributed by atoms with Gasteiger partial charge in [0.1, 0.15) is 5.82 Å². The molecule has 0 unspecified atom stereocenters. The van der Waals surface area contributed by atoms with E-state index in [0.29, 0.717) is 30.8 Å². The number of alkyl halides is 1. The Balaban J connectivity index is 2.37. The number of hydrogen-bond acceptors (Lipinski definition) is 1. The van der Waals surface area contributed by atoms with E-state index in [1.807, 2.05) is 0 Å². The molecule has 0 saturated carbocycles. The van der Waals surface area contributed by atoms with Crippen molar-refractivity contribution >= 4 is 17.5 Å². The molecule has 0 fully saturated rings. The molecule has 0 spiro atoms. The lowest BCUT2D eigenvalue weighted by atomic mass is 10.1. The Hall–Kier alpha value is -1.09. The van der Waals surface area contributed by atoms with Gasteiger partial charge < -0.3 is 5.32 Å². The van der Waals surface area contributed by atoms with Gasteiger partial charge in [0.15, 0.2) is 0 Å². The molecule has 0 radical (unpaired) electrons. The van der Waals surface area contributed by atoms with Crippen LogP contribution in [0.1, 0.15) is 17.5 Å². The highest BCUT2D eigenvalue weighted by molar-refractivity contribution is 6.18. The van der Waals surface area contributed by atoms with Crippen LogP contribution in [0.25, 0.3) is 0 Å². The van der Waals surface area contributed by atoms with Gasteiger partial charge in [-0.05, 0) is 30.5 Å². The SMILES string of the molecule is Cc1cc(CCNC(=O)CCCl)ccc1F. The Morgan fingerprint density at radius 1 is 1.50 bits per heavy atom. The van der Waals surface area contributed by atoms with Crippen LogP contribution in [0.15, 0.2) is 18.2 Å². The molecule has 0 aliphatic heterocycles. The summed E-state index contributed by atoms with van der Waals surface area (Å²) in [5.74, 6) is 0.0883. The van der Waals surface area contributed by atoms with E-state index in [2.05, 4.69) is 5.32 Å². The van der Waals surface area contributed by atoms with Crippen molar-refractivity contribution in [2.45, 2.75) is 19.8 Å². The fourth-order valence-electron chi connectivity index (χ4n) is 1.38. The van der Waals surface area contributed by atoms with E-state index in [9.17, 15) is 9.18 Å². The van der Waals surface area contributed by atoms with Gasteiger partial charge in [-0.25, -0.2) is 4.39 Å². The molecule has 0 heterocycles. The summed E-state index contributed by atoms with van der Waals surface area (Å²) < 4.78 is 13.0. The molecule has 1 N–H and O–H groups in total. The lowest BCUT2D eigenvalue weighted by Gasteiger charge is -2.05. The molecule has 88 valence electrons. The zero-order valence-corrected chi connectivity index (χ0v) is 9.98. The number of amides is 1. The number of carbonyl (C=O) groups is 1. The van der Waals surface area contributed by atoms with Gasteiger partial charge in [-0.2, -0.15) is 0 Å². The minimum Gasteiger partial charge on any atom is -0.356 e. The van der Waals surface area contributed by atoms with Crippen molar-refractivity contribution in [3.8, 4) is 0 Å². The van der Waals surface area contributed by atoms with E-state index in [-0.39, 0.29) is 11.7 Å². The van der Waals surface area contributed by atoms with Crippen molar-refractivity contribution in [3.63, 3.8) is 0 Å². The molecular formula is C12H15ClFNO. The average Bonchev–Trinajstić information content (AvgIpc) is 2.24. The molecule has 0 saturated heterocycles. The van der Waals surface area contributed by atoms with Crippen molar-refractivity contribution in [2.75, 3.05) is 12.4 Å². The van der Waals surface area contributed by atoms with Gasteiger partial charge in [0.2, 0.25) is 5.91 Å². The van der Waals surface area contributed by atoms with Gasteiger partial charge in [-0.1, -0.05) is 12.1 Å². The molecule has 16 heavy (non-hydrogen) atoms. The maximum Gasteiger partial charge on any atom is 0.221 e. The van der Waals surface area contributed by atoms with Crippen LogP contribution >= 0.6 is 11.6 Å². The molecule has 1 aromatic carbocycles. The number of nitrogens with one attached hydrogen (secondary N) is 1. The van der Waals surface area contributed by atoms with Crippen LogP contribution in [0.5, 0.6) is 0 Å². The van der Waals surface area contributed by atoms with Crippen molar-refractivity contribution in [1.29, 1.82) is 0 Å². The second kappa shape index (κ2) is 6.48. The van der Waals surface area contributed by atoms with Crippen LogP contribution in [0.2, 0.25) is 0 Å². The van der Waals surface area contributed by atoms with Gasteiger partial charge >= 0.3 is 0 Å². The van der Waals surface area contributed by atoms with Gasteiger partial charge in [0, 0.05) is 18.8 Å². The fourth-order valence-corrected chi connectivity index (χ4v) is 1.55. The Bertz CT molecular complexity index is 368. The van der Waals surface area contributed by atoms with Crippen LogP contribution in [-0.4, -0.2) is 18.3 Å². The van der Waals surface area contributed by atoms with Gasteiger partial charge in [-0.3, -0.25) is 4.79 Å². The third-order valence-corrected chi connectivity index (χ3v) is 2.47. The highest BCUT2D eigenvalue weighted by atomic mass is 35.5. The molecule has 0 bridgehead atoms. The molecule has 0 aromatic heterocycles. The smallest absolute Gasteiger partial charge is 0.221 e. The Morgan fingerprint density at radius 3 is 2.88 bits per heavy atom. The van der Waals surface area contributed by atoms with Crippen LogP contribution in [0.4, 0.5) is 4.39 Å². The third-order valence-electron chi connectivity index (χ3n) is 2.28. The minimum absolute atomic E-state index is 0.0474. The molecule has 1 aromatic rings. The number of aryl methyl sites for hydroxylation is 1. The predicted molar refractivity (Wildman–Crippen MR) is 63.2 cm³/mol. The molecule has 0 atom stereocenters. The zero-order chi connectivity index (χ0) is 12.0. The Kier molecular flexibility index (Phi) is 5.26. The van der Waals surface area contributed by atoms with E-state index in [0.717, 1.165) is 5.56 Å². The average molecular weight is 244 g/mol. The lowest BCUT2D eigenvalue weighted by molar-refractivity contribution is -0.120. The van der Waals surface area contributed by atoms with Crippen molar-refractivity contribution in [2.24, 2.45) is 0 Å². The van der Waals surface area contributed by atoms with Crippen molar-refractivity contribution in [1.82, 2.24) is 5.32 Å². The maximum atomic E-state index is 13.0. The standard InChI is InChI=1S/C12H15ClFNO/c1-9-8-10(2-3-11(9)14)5-7-15-12(16)4-6-13/h2-3,8H,4-7H2,1H3,(H,15,16). The molecular weight excluding hydrogens is 229 g/mol. The van der Waals surface area contributed by atoms with Crippen LogP contribution in [0, 0.1) is 12.7 Å². The summed E-state index contributed by atoms with van der Waals surface area (Å²) in [6.07, 6.45) is 1.04. The summed E-state index contributed by atoms with van der Waals surface area (Å²) in [5, 5.41) is 2.75. The van der Waals surface area contributed by atoms with E-state index in [1.54, 1.807) is 19.1 Å². The minimum atomic E-state index is -0.199. The molecule has 0 aliphatic rings. The molecule has 2 nitrogen and oxygen atoms in total. The fraction of sp³-hybridized carbons (Fsp3) is 0.417. The first kappa shape index (κ1) is 13.0. The number of rotatable bonds is 5. The summed E-state index contributed by atoms with van der Waals surface area (Å²) in [6.45, 7) is 2.28. The van der Waals surface area contributed by atoms with Crippen LogP contribution in [0.3, 0.4) is 0 Å². The Morgan fingerprint density at radius 2 is 2.25 bits per heavy atom. The number of benzene rings is 1. The largest absolute Gasteiger partial charge is 0.356 e. The van der Waals surface area contributed by atoms with Gasteiger partial charge in [0.05, 0.1) is 0 Å². The van der Waals surface area contributed by atoms with E-state index in [1.165, 1.54) is 6.07 Å². The normalized spacial score (nSPS) is 10.2. The second-order valence-corrected chi connectivity index (χ2v) is 4.00. The van der Waals surface area contributed by atoms with Crippen LogP contribution < -0.4 is 5.32 Å². The summed E-state index contributed by atoms with van der Waals surface area (Å²) >= 11 is 5.43. The monoisotopic (exact) mass is 243 g/mol. The molecule has 1 amide bonds. The molecule has 1 rings (SSSR count). The lowest BCUT2D eigenvalue weighted by Crippen LogP contribution is -2.25. The summed E-state index contributed by atoms with van der Waals surface area (Å²) in [6, 6.07) is 4.98. The summed E-state index contributed by atoms with van der Waals surface area (Å²) in [7, 11) is 0. The number of halogens is 2. The molecule has 0 aliphatic carbocycles. The highest BCUT2D eigenvalue weighted by Gasteiger charge is 2.01. The summed E-state index contributed by atoms with van der Waals surface area (Å²) in [5.41, 5.74) is 1.65. The number of carbonyl (C=O) groups excluding carboxylic acids is 1. The van der Waals surface area contributed by atoms with E-state index >= 15 is 0 Å². The first-order chi connectivity index (χ1) is 7.63. The van der Waals surface area contributed by atoms with Crippen molar-refractivity contribution in [3.05, 3.63) is 35.1 Å². The highest BCUT2D eigenvalue weighted by Crippen LogP contribution is 2.09. The van der Waals surface area contributed by atoms with E-state index in [4.69, 9.17) is 11.6 Å². The third kappa shape index (κ3) is 4.19. The quantitative estimate of drug-likeness (QED) is 0.791. The first-order valence-electron chi connectivity index (χ1n) is 5.21. The second-order valence-electron chi connectivity index (χ2n) is 3.62. The van der Waals surface area contributed by atoms with Crippen LogP contribution in [-0.2, 0) is 11.2 Å².